The summed E-state index contributed by atoms with van der Waals surface area (Å²) in [5.41, 5.74) is 5.84. The highest BCUT2D eigenvalue weighted by molar-refractivity contribution is 5.68. The normalized spacial score (nSPS) is 10.5. The average molecular weight is 260 g/mol. The van der Waals surface area contributed by atoms with Crippen molar-refractivity contribution in [2.24, 2.45) is 0 Å². The highest BCUT2D eigenvalue weighted by atomic mass is 14.9. The SMILES string of the molecule is Cc1cnc(-c2ccc(-c3cccc(C)c3)cc2)nc1. The second kappa shape index (κ2) is 5.25. The van der Waals surface area contributed by atoms with Crippen molar-refractivity contribution < 1.29 is 0 Å². The van der Waals surface area contributed by atoms with Crippen molar-refractivity contribution in [3.63, 3.8) is 0 Å². The van der Waals surface area contributed by atoms with Gasteiger partial charge in [0.05, 0.1) is 0 Å². The number of rotatable bonds is 2. The maximum Gasteiger partial charge on any atom is 0.159 e. The molecule has 3 aromatic rings. The van der Waals surface area contributed by atoms with Gasteiger partial charge in [0.15, 0.2) is 5.82 Å². The summed E-state index contributed by atoms with van der Waals surface area (Å²) in [6.07, 6.45) is 3.69. The molecule has 0 spiro atoms. The predicted octanol–water partition coefficient (Wildman–Crippen LogP) is 4.43. The van der Waals surface area contributed by atoms with Gasteiger partial charge in [-0.25, -0.2) is 9.97 Å². The summed E-state index contributed by atoms with van der Waals surface area (Å²) in [6, 6.07) is 16.9. The predicted molar refractivity (Wildman–Crippen MR) is 82.4 cm³/mol. The Hall–Kier alpha value is -2.48. The molecule has 0 aliphatic rings. The summed E-state index contributed by atoms with van der Waals surface area (Å²) in [5, 5.41) is 0. The molecule has 2 aromatic carbocycles. The van der Waals surface area contributed by atoms with Gasteiger partial charge in [0.1, 0.15) is 0 Å². The average Bonchev–Trinajstić information content (AvgIpc) is 2.48. The van der Waals surface area contributed by atoms with Gasteiger partial charge >= 0.3 is 0 Å². The third-order valence-corrected chi connectivity index (χ3v) is 3.28. The third-order valence-electron chi connectivity index (χ3n) is 3.28. The first-order valence-electron chi connectivity index (χ1n) is 6.68. The maximum absolute atomic E-state index is 4.35. The van der Waals surface area contributed by atoms with Gasteiger partial charge in [0.25, 0.3) is 0 Å². The van der Waals surface area contributed by atoms with E-state index < -0.39 is 0 Å². The van der Waals surface area contributed by atoms with Crippen LogP contribution < -0.4 is 0 Å². The van der Waals surface area contributed by atoms with Gasteiger partial charge in [-0.15, -0.1) is 0 Å². The van der Waals surface area contributed by atoms with Gasteiger partial charge in [0.2, 0.25) is 0 Å². The lowest BCUT2D eigenvalue weighted by Crippen LogP contribution is -1.89. The molecule has 0 N–H and O–H groups in total. The Bertz CT molecular complexity index is 713. The molecule has 2 nitrogen and oxygen atoms in total. The van der Waals surface area contributed by atoms with Crippen LogP contribution in [0.3, 0.4) is 0 Å². The molecule has 3 rings (SSSR count). The topological polar surface area (TPSA) is 25.8 Å². The smallest absolute Gasteiger partial charge is 0.159 e. The van der Waals surface area contributed by atoms with Crippen molar-refractivity contribution in [1.29, 1.82) is 0 Å². The van der Waals surface area contributed by atoms with E-state index in [1.54, 1.807) is 0 Å². The summed E-state index contributed by atoms with van der Waals surface area (Å²) < 4.78 is 0. The van der Waals surface area contributed by atoms with E-state index >= 15 is 0 Å². The number of hydrogen-bond acceptors (Lipinski definition) is 2. The number of nitrogens with zero attached hydrogens (tertiary/aromatic N) is 2. The Labute approximate surface area is 119 Å². The summed E-state index contributed by atoms with van der Waals surface area (Å²) in [5.74, 6) is 0.770. The zero-order chi connectivity index (χ0) is 13.9. The Morgan fingerprint density at radius 3 is 1.95 bits per heavy atom. The highest BCUT2D eigenvalue weighted by Gasteiger charge is 2.02. The molecule has 0 amide bonds. The van der Waals surface area contributed by atoms with E-state index in [2.05, 4.69) is 65.4 Å². The van der Waals surface area contributed by atoms with E-state index in [1.807, 2.05) is 19.3 Å². The van der Waals surface area contributed by atoms with Crippen molar-refractivity contribution in [2.45, 2.75) is 13.8 Å². The fourth-order valence-electron chi connectivity index (χ4n) is 2.18. The fraction of sp³-hybridized carbons (Fsp3) is 0.111. The van der Waals surface area contributed by atoms with E-state index in [0.717, 1.165) is 17.0 Å². The van der Waals surface area contributed by atoms with Gasteiger partial charge in [-0.05, 0) is 30.5 Å². The molecule has 0 radical (unpaired) electrons. The van der Waals surface area contributed by atoms with Crippen molar-refractivity contribution in [1.82, 2.24) is 9.97 Å². The summed E-state index contributed by atoms with van der Waals surface area (Å²) in [6.45, 7) is 4.10. The molecule has 0 aliphatic heterocycles. The zero-order valence-corrected chi connectivity index (χ0v) is 11.7. The van der Waals surface area contributed by atoms with Crippen molar-refractivity contribution in [3.05, 3.63) is 72.1 Å². The molecular weight excluding hydrogens is 244 g/mol. The van der Waals surface area contributed by atoms with Gasteiger partial charge in [-0.3, -0.25) is 0 Å². The van der Waals surface area contributed by atoms with Crippen LogP contribution in [0.2, 0.25) is 0 Å². The molecule has 1 aromatic heterocycles. The molecule has 0 saturated heterocycles. The van der Waals surface area contributed by atoms with Crippen LogP contribution in [-0.2, 0) is 0 Å². The minimum Gasteiger partial charge on any atom is -0.236 e. The monoisotopic (exact) mass is 260 g/mol. The lowest BCUT2D eigenvalue weighted by atomic mass is 10.0. The Morgan fingerprint density at radius 1 is 0.650 bits per heavy atom. The van der Waals surface area contributed by atoms with Crippen LogP contribution >= 0.6 is 0 Å². The number of aryl methyl sites for hydroxylation is 2. The van der Waals surface area contributed by atoms with Crippen molar-refractivity contribution in [2.75, 3.05) is 0 Å². The van der Waals surface area contributed by atoms with Gasteiger partial charge < -0.3 is 0 Å². The molecule has 20 heavy (non-hydrogen) atoms. The molecule has 0 unspecified atom stereocenters. The van der Waals surface area contributed by atoms with E-state index in [9.17, 15) is 0 Å². The van der Waals surface area contributed by atoms with Gasteiger partial charge in [-0.2, -0.15) is 0 Å². The molecule has 98 valence electrons. The van der Waals surface area contributed by atoms with Crippen LogP contribution in [0.25, 0.3) is 22.5 Å². The molecule has 0 fully saturated rings. The van der Waals surface area contributed by atoms with E-state index in [-0.39, 0.29) is 0 Å². The highest BCUT2D eigenvalue weighted by Crippen LogP contribution is 2.23. The van der Waals surface area contributed by atoms with Crippen molar-refractivity contribution >= 4 is 0 Å². The molecule has 0 atom stereocenters. The maximum atomic E-state index is 4.35. The first-order valence-corrected chi connectivity index (χ1v) is 6.68. The largest absolute Gasteiger partial charge is 0.236 e. The first kappa shape index (κ1) is 12.5. The lowest BCUT2D eigenvalue weighted by molar-refractivity contribution is 1.14. The van der Waals surface area contributed by atoms with Crippen LogP contribution in [0.15, 0.2) is 60.9 Å². The summed E-state index contributed by atoms with van der Waals surface area (Å²) in [4.78, 5) is 8.71. The second-order valence-electron chi connectivity index (χ2n) is 5.03. The summed E-state index contributed by atoms with van der Waals surface area (Å²) in [7, 11) is 0. The summed E-state index contributed by atoms with van der Waals surface area (Å²) >= 11 is 0. The third kappa shape index (κ3) is 2.59. The van der Waals surface area contributed by atoms with Gasteiger partial charge in [0, 0.05) is 18.0 Å². The molecule has 0 aliphatic carbocycles. The van der Waals surface area contributed by atoms with Crippen molar-refractivity contribution in [3.8, 4) is 22.5 Å². The number of benzene rings is 2. The number of hydrogen-bond donors (Lipinski definition) is 0. The van der Waals surface area contributed by atoms with Crippen LogP contribution in [0.1, 0.15) is 11.1 Å². The van der Waals surface area contributed by atoms with E-state index in [4.69, 9.17) is 0 Å². The minimum atomic E-state index is 0.770. The molecule has 0 saturated carbocycles. The molecule has 2 heteroatoms. The van der Waals surface area contributed by atoms with Crippen LogP contribution in [0.5, 0.6) is 0 Å². The fourth-order valence-corrected chi connectivity index (χ4v) is 2.18. The van der Waals surface area contributed by atoms with Gasteiger partial charge in [-0.1, -0.05) is 54.1 Å². The van der Waals surface area contributed by atoms with Crippen LogP contribution in [0, 0.1) is 13.8 Å². The zero-order valence-electron chi connectivity index (χ0n) is 11.7. The Morgan fingerprint density at radius 2 is 1.30 bits per heavy atom. The van der Waals surface area contributed by atoms with Crippen LogP contribution in [-0.4, -0.2) is 9.97 Å². The lowest BCUT2D eigenvalue weighted by Gasteiger charge is -2.05. The number of aromatic nitrogens is 2. The standard InChI is InChI=1S/C18H16N2/c1-13-4-3-5-17(10-13)15-6-8-16(9-7-15)18-19-11-14(2)12-20-18/h3-12H,1-2H3. The van der Waals surface area contributed by atoms with Crippen LogP contribution in [0.4, 0.5) is 0 Å². The quantitative estimate of drug-likeness (QED) is 0.681. The molecule has 0 bridgehead atoms. The van der Waals surface area contributed by atoms with E-state index in [0.29, 0.717) is 0 Å². The minimum absolute atomic E-state index is 0.770. The molecular formula is C18H16N2. The van der Waals surface area contributed by atoms with E-state index in [1.165, 1.54) is 16.7 Å². The molecule has 1 heterocycles. The second-order valence-corrected chi connectivity index (χ2v) is 5.03. The Kier molecular flexibility index (Phi) is 3.30. The first-order chi connectivity index (χ1) is 9.72. The Balaban J connectivity index is 1.93.